The summed E-state index contributed by atoms with van der Waals surface area (Å²) in [7, 11) is 0. The summed E-state index contributed by atoms with van der Waals surface area (Å²) in [4.78, 5) is 16.5. The third-order valence-electron chi connectivity index (χ3n) is 3.55. The molecular weight excluding hydrogens is 346 g/mol. The van der Waals surface area contributed by atoms with E-state index < -0.39 is 5.97 Å². The Labute approximate surface area is 156 Å². The van der Waals surface area contributed by atoms with Gasteiger partial charge in [-0.2, -0.15) is 0 Å². The molecule has 0 radical (unpaired) electrons. The molecule has 0 aliphatic rings. The number of rotatable bonds is 7. The minimum atomic E-state index is -0.412. The van der Waals surface area contributed by atoms with Crippen molar-refractivity contribution in [2.45, 2.75) is 13.5 Å². The van der Waals surface area contributed by atoms with Gasteiger partial charge in [-0.1, -0.05) is 48.5 Å². The number of nitrogens with zero attached hydrogens (tertiary/aromatic N) is 1. The summed E-state index contributed by atoms with van der Waals surface area (Å²) in [5.41, 5.74) is 2.64. The van der Waals surface area contributed by atoms with E-state index in [4.69, 9.17) is 9.47 Å². The van der Waals surface area contributed by atoms with Crippen LogP contribution in [0, 0.1) is 0 Å². The number of carbonyl (C=O) groups is 1. The molecule has 2 aromatic carbocycles. The first-order valence-corrected chi connectivity index (χ1v) is 9.20. The molecule has 132 valence electrons. The van der Waals surface area contributed by atoms with Crippen LogP contribution >= 0.6 is 11.3 Å². The van der Waals surface area contributed by atoms with Crippen molar-refractivity contribution < 1.29 is 14.3 Å². The SMILES string of the molecule is CCOc1ccccc1/C=C/C(=O)OCc1csc(-c2ccccc2)n1. The van der Waals surface area contributed by atoms with Crippen LogP contribution in [0.5, 0.6) is 5.75 Å². The molecular formula is C21H19NO3S. The molecule has 26 heavy (non-hydrogen) atoms. The zero-order valence-corrected chi connectivity index (χ0v) is 15.2. The largest absolute Gasteiger partial charge is 0.493 e. The Bertz CT molecular complexity index is 887. The van der Waals surface area contributed by atoms with Crippen LogP contribution in [0.4, 0.5) is 0 Å². The zero-order valence-electron chi connectivity index (χ0n) is 14.4. The van der Waals surface area contributed by atoms with Crippen molar-refractivity contribution in [2.75, 3.05) is 6.61 Å². The maximum Gasteiger partial charge on any atom is 0.331 e. The van der Waals surface area contributed by atoms with Crippen LogP contribution in [0.2, 0.25) is 0 Å². The van der Waals surface area contributed by atoms with Gasteiger partial charge in [-0.15, -0.1) is 11.3 Å². The molecule has 0 spiro atoms. The quantitative estimate of drug-likeness (QED) is 0.438. The molecule has 0 N–H and O–H groups in total. The highest BCUT2D eigenvalue weighted by atomic mass is 32.1. The van der Waals surface area contributed by atoms with Crippen LogP contribution in [0.3, 0.4) is 0 Å². The summed E-state index contributed by atoms with van der Waals surface area (Å²) in [6.45, 7) is 2.65. The van der Waals surface area contributed by atoms with Gasteiger partial charge in [-0.3, -0.25) is 0 Å². The Hall–Kier alpha value is -2.92. The van der Waals surface area contributed by atoms with Crippen molar-refractivity contribution in [3.05, 3.63) is 77.3 Å². The summed E-state index contributed by atoms with van der Waals surface area (Å²) >= 11 is 1.53. The van der Waals surface area contributed by atoms with Gasteiger partial charge in [0.2, 0.25) is 0 Å². The number of hydrogen-bond acceptors (Lipinski definition) is 5. The summed E-state index contributed by atoms with van der Waals surface area (Å²) in [6.07, 6.45) is 3.10. The van der Waals surface area contributed by atoms with Crippen molar-refractivity contribution in [1.29, 1.82) is 0 Å². The summed E-state index contributed by atoms with van der Waals surface area (Å²) in [5, 5.41) is 2.82. The zero-order chi connectivity index (χ0) is 18.2. The molecule has 0 aliphatic heterocycles. The lowest BCUT2D eigenvalue weighted by Crippen LogP contribution is -2.01. The Morgan fingerprint density at radius 3 is 2.69 bits per heavy atom. The molecule has 0 fully saturated rings. The first kappa shape index (κ1) is 17.9. The molecule has 3 rings (SSSR count). The minimum Gasteiger partial charge on any atom is -0.493 e. The van der Waals surface area contributed by atoms with Gasteiger partial charge in [0, 0.05) is 22.6 Å². The first-order valence-electron chi connectivity index (χ1n) is 8.32. The molecule has 5 heteroatoms. The predicted molar refractivity (Wildman–Crippen MR) is 104 cm³/mol. The molecule has 0 saturated heterocycles. The highest BCUT2D eigenvalue weighted by Gasteiger charge is 2.06. The van der Waals surface area contributed by atoms with Gasteiger partial charge in [0.05, 0.1) is 12.3 Å². The number of carbonyl (C=O) groups excluding carboxylic acids is 1. The van der Waals surface area contributed by atoms with E-state index >= 15 is 0 Å². The van der Waals surface area contributed by atoms with E-state index in [9.17, 15) is 4.79 Å². The van der Waals surface area contributed by atoms with Gasteiger partial charge in [-0.25, -0.2) is 9.78 Å². The second-order valence-corrected chi connectivity index (χ2v) is 6.28. The highest BCUT2D eigenvalue weighted by Crippen LogP contribution is 2.23. The van der Waals surface area contributed by atoms with Crippen LogP contribution in [-0.4, -0.2) is 17.6 Å². The molecule has 1 aromatic heterocycles. The van der Waals surface area contributed by atoms with Gasteiger partial charge >= 0.3 is 5.97 Å². The van der Waals surface area contributed by atoms with Gasteiger partial charge in [0.1, 0.15) is 17.4 Å². The van der Waals surface area contributed by atoms with E-state index in [2.05, 4.69) is 4.98 Å². The monoisotopic (exact) mass is 365 g/mol. The molecule has 0 aliphatic carbocycles. The average molecular weight is 365 g/mol. The minimum absolute atomic E-state index is 0.152. The number of esters is 1. The molecule has 3 aromatic rings. The van der Waals surface area contributed by atoms with Crippen LogP contribution < -0.4 is 4.74 Å². The van der Waals surface area contributed by atoms with Crippen molar-refractivity contribution >= 4 is 23.4 Å². The number of thiazole rings is 1. The molecule has 0 amide bonds. The molecule has 1 heterocycles. The Kier molecular flexibility index (Phi) is 6.17. The third kappa shape index (κ3) is 4.80. The third-order valence-corrected chi connectivity index (χ3v) is 4.49. The Morgan fingerprint density at radius 2 is 1.88 bits per heavy atom. The molecule has 0 bridgehead atoms. The van der Waals surface area contributed by atoms with Crippen molar-refractivity contribution in [2.24, 2.45) is 0 Å². The fraction of sp³-hybridized carbons (Fsp3) is 0.143. The second kappa shape index (κ2) is 8.97. The lowest BCUT2D eigenvalue weighted by atomic mass is 10.2. The summed E-state index contributed by atoms with van der Waals surface area (Å²) in [6, 6.07) is 17.5. The van der Waals surface area contributed by atoms with E-state index in [1.54, 1.807) is 6.08 Å². The Morgan fingerprint density at radius 1 is 1.12 bits per heavy atom. The molecule has 4 nitrogen and oxygen atoms in total. The van der Waals surface area contributed by atoms with Crippen molar-refractivity contribution in [3.63, 3.8) is 0 Å². The maximum absolute atomic E-state index is 12.0. The molecule has 0 atom stereocenters. The van der Waals surface area contributed by atoms with Gasteiger partial charge in [0.25, 0.3) is 0 Å². The lowest BCUT2D eigenvalue weighted by molar-refractivity contribution is -0.139. The normalized spacial score (nSPS) is 10.8. The van der Waals surface area contributed by atoms with E-state index in [1.807, 2.05) is 66.9 Å². The van der Waals surface area contributed by atoms with Crippen molar-refractivity contribution in [3.8, 4) is 16.3 Å². The number of hydrogen-bond donors (Lipinski definition) is 0. The van der Waals surface area contributed by atoms with Gasteiger partial charge < -0.3 is 9.47 Å². The summed E-state index contributed by atoms with van der Waals surface area (Å²) in [5.74, 6) is 0.330. The van der Waals surface area contributed by atoms with Crippen LogP contribution in [0.1, 0.15) is 18.2 Å². The second-order valence-electron chi connectivity index (χ2n) is 5.42. The van der Waals surface area contributed by atoms with Crippen LogP contribution in [0.15, 0.2) is 66.1 Å². The number of benzene rings is 2. The number of para-hydroxylation sites is 1. The van der Waals surface area contributed by atoms with Gasteiger partial charge in [0.15, 0.2) is 0 Å². The average Bonchev–Trinajstić information content (AvgIpc) is 3.16. The smallest absolute Gasteiger partial charge is 0.331 e. The van der Waals surface area contributed by atoms with Gasteiger partial charge in [-0.05, 0) is 19.1 Å². The molecule has 0 saturated carbocycles. The van der Waals surface area contributed by atoms with E-state index in [-0.39, 0.29) is 6.61 Å². The maximum atomic E-state index is 12.0. The first-order chi connectivity index (χ1) is 12.8. The predicted octanol–water partition coefficient (Wildman–Crippen LogP) is 4.97. The fourth-order valence-electron chi connectivity index (χ4n) is 2.34. The molecule has 0 unspecified atom stereocenters. The number of aromatic nitrogens is 1. The fourth-order valence-corrected chi connectivity index (χ4v) is 3.15. The highest BCUT2D eigenvalue weighted by molar-refractivity contribution is 7.13. The number of ether oxygens (including phenoxy) is 2. The topological polar surface area (TPSA) is 48.4 Å². The lowest BCUT2D eigenvalue weighted by Gasteiger charge is -2.06. The standard InChI is InChI=1S/C21H19NO3S/c1-2-24-19-11-7-6-8-16(19)12-13-20(23)25-14-18-15-26-21(22-18)17-9-4-3-5-10-17/h3-13,15H,2,14H2,1H3/b13-12+. The Balaban J connectivity index is 1.57. The van der Waals surface area contributed by atoms with Crippen LogP contribution in [-0.2, 0) is 16.1 Å². The van der Waals surface area contributed by atoms with E-state index in [0.717, 1.165) is 27.6 Å². The van der Waals surface area contributed by atoms with E-state index in [0.29, 0.717) is 6.61 Å². The van der Waals surface area contributed by atoms with Crippen molar-refractivity contribution in [1.82, 2.24) is 4.98 Å². The summed E-state index contributed by atoms with van der Waals surface area (Å²) < 4.78 is 10.8. The van der Waals surface area contributed by atoms with Crippen LogP contribution in [0.25, 0.3) is 16.6 Å². The van der Waals surface area contributed by atoms with E-state index in [1.165, 1.54) is 17.4 Å².